The molecule has 0 spiro atoms. The Morgan fingerprint density at radius 3 is 2.52 bits per heavy atom. The van der Waals surface area contributed by atoms with Crippen molar-refractivity contribution in [2.75, 3.05) is 17.7 Å². The summed E-state index contributed by atoms with van der Waals surface area (Å²) in [7, 11) is 1.34. The number of esters is 1. The Bertz CT molecular complexity index is 973. The van der Waals surface area contributed by atoms with Gasteiger partial charge in [0.15, 0.2) is 0 Å². The van der Waals surface area contributed by atoms with Crippen molar-refractivity contribution in [2.24, 2.45) is 0 Å². The lowest BCUT2D eigenvalue weighted by Crippen LogP contribution is -2.15. The van der Waals surface area contributed by atoms with E-state index in [1.807, 2.05) is 0 Å². The van der Waals surface area contributed by atoms with Crippen molar-refractivity contribution >= 4 is 39.8 Å². The normalized spacial score (nSPS) is 12.8. The van der Waals surface area contributed by atoms with Crippen molar-refractivity contribution in [3.8, 4) is 6.07 Å². The fourth-order valence-electron chi connectivity index (χ4n) is 3.31. The number of nitrogens with zero attached hydrogens (tertiary/aromatic N) is 1. The van der Waals surface area contributed by atoms with Crippen molar-refractivity contribution in [1.82, 2.24) is 0 Å². The van der Waals surface area contributed by atoms with E-state index in [4.69, 9.17) is 10.00 Å². The number of rotatable bonds is 5. The summed E-state index contributed by atoms with van der Waals surface area (Å²) in [4.78, 5) is 37.7. The highest BCUT2D eigenvalue weighted by Gasteiger charge is 2.26. The van der Waals surface area contributed by atoms with Gasteiger partial charge in [0.25, 0.3) is 5.91 Å². The van der Waals surface area contributed by atoms with Gasteiger partial charge in [-0.3, -0.25) is 9.59 Å². The zero-order valence-corrected chi connectivity index (χ0v) is 16.9. The number of carbonyl (C=O) groups is 3. The van der Waals surface area contributed by atoms with E-state index in [-0.39, 0.29) is 12.3 Å². The number of anilines is 2. The lowest BCUT2D eigenvalue weighted by atomic mass is 10.1. The fourth-order valence-corrected chi connectivity index (χ4v) is 4.58. The molecule has 8 heteroatoms. The van der Waals surface area contributed by atoms with Crippen LogP contribution in [0, 0.1) is 11.3 Å². The third kappa shape index (κ3) is 4.81. The number of aryl methyl sites for hydroxylation is 1. The Labute approximate surface area is 172 Å². The molecular formula is C21H21N3O4S. The molecule has 1 aromatic heterocycles. The molecule has 0 saturated carbocycles. The van der Waals surface area contributed by atoms with Crippen LogP contribution in [0.3, 0.4) is 0 Å². The van der Waals surface area contributed by atoms with Gasteiger partial charge >= 0.3 is 5.97 Å². The van der Waals surface area contributed by atoms with Gasteiger partial charge in [0.05, 0.1) is 18.7 Å². The number of nitriles is 1. The van der Waals surface area contributed by atoms with Crippen LogP contribution in [0.25, 0.3) is 0 Å². The molecule has 7 nitrogen and oxygen atoms in total. The van der Waals surface area contributed by atoms with Crippen molar-refractivity contribution in [3.63, 3.8) is 0 Å². The predicted molar refractivity (Wildman–Crippen MR) is 110 cm³/mol. The first kappa shape index (κ1) is 20.6. The number of hydrogen-bond acceptors (Lipinski definition) is 6. The van der Waals surface area contributed by atoms with Gasteiger partial charge in [0.1, 0.15) is 11.4 Å². The molecule has 2 N–H and O–H groups in total. The third-order valence-corrected chi connectivity index (χ3v) is 5.92. The Kier molecular flexibility index (Phi) is 6.62. The average molecular weight is 411 g/mol. The minimum absolute atomic E-state index is 0.235. The minimum Gasteiger partial charge on any atom is -0.465 e. The summed E-state index contributed by atoms with van der Waals surface area (Å²) in [5.41, 5.74) is 2.34. The van der Waals surface area contributed by atoms with E-state index in [1.165, 1.54) is 18.4 Å². The standard InChI is InChI=1S/C21H21N3O4S/c1-28-21(27)18-15-5-3-2-4-6-16(15)29-20(18)24-19(26)13-7-9-14(10-8-13)23-17(25)11-12-22/h7-10H,2-6,11H2,1H3,(H,23,25)(H,24,26). The van der Waals surface area contributed by atoms with E-state index in [2.05, 4.69) is 10.6 Å². The van der Waals surface area contributed by atoms with Crippen LogP contribution < -0.4 is 10.6 Å². The van der Waals surface area contributed by atoms with Gasteiger partial charge in [-0.25, -0.2) is 4.79 Å². The van der Waals surface area contributed by atoms with Crippen LogP contribution in [0.4, 0.5) is 10.7 Å². The molecule has 1 aliphatic rings. The molecule has 29 heavy (non-hydrogen) atoms. The second-order valence-corrected chi connectivity index (χ2v) is 7.78. The molecule has 1 aliphatic carbocycles. The summed E-state index contributed by atoms with van der Waals surface area (Å²) >= 11 is 1.44. The van der Waals surface area contributed by atoms with Crippen LogP contribution in [0.2, 0.25) is 0 Å². The van der Waals surface area contributed by atoms with E-state index in [9.17, 15) is 14.4 Å². The second-order valence-electron chi connectivity index (χ2n) is 6.67. The molecule has 1 aromatic carbocycles. The van der Waals surface area contributed by atoms with Crippen LogP contribution in [-0.4, -0.2) is 24.9 Å². The summed E-state index contributed by atoms with van der Waals surface area (Å²) in [5, 5.41) is 14.5. The highest BCUT2D eigenvalue weighted by Crippen LogP contribution is 2.38. The topological polar surface area (TPSA) is 108 Å². The van der Waals surface area contributed by atoms with Gasteiger partial charge < -0.3 is 15.4 Å². The first-order valence-corrected chi connectivity index (χ1v) is 10.2. The maximum absolute atomic E-state index is 12.7. The first-order valence-electron chi connectivity index (χ1n) is 9.34. The maximum atomic E-state index is 12.7. The average Bonchev–Trinajstić information content (AvgIpc) is 2.88. The number of benzene rings is 1. The van der Waals surface area contributed by atoms with Crippen LogP contribution in [0.15, 0.2) is 24.3 Å². The lowest BCUT2D eigenvalue weighted by molar-refractivity contribution is -0.115. The van der Waals surface area contributed by atoms with Gasteiger partial charge in [-0.1, -0.05) is 6.42 Å². The number of nitrogens with one attached hydrogen (secondary N) is 2. The molecule has 0 radical (unpaired) electrons. The molecule has 0 atom stereocenters. The van der Waals surface area contributed by atoms with Crippen molar-refractivity contribution in [3.05, 3.63) is 45.8 Å². The third-order valence-electron chi connectivity index (χ3n) is 4.71. The molecule has 0 unspecified atom stereocenters. The Morgan fingerprint density at radius 2 is 1.83 bits per heavy atom. The number of methoxy groups -OCH3 is 1. The molecule has 0 bridgehead atoms. The summed E-state index contributed by atoms with van der Waals surface area (Å²) < 4.78 is 4.96. The fraction of sp³-hybridized carbons (Fsp3) is 0.333. The summed E-state index contributed by atoms with van der Waals surface area (Å²) in [6.07, 6.45) is 4.68. The first-order chi connectivity index (χ1) is 14.0. The van der Waals surface area contributed by atoms with Crippen molar-refractivity contribution in [1.29, 1.82) is 5.26 Å². The molecule has 2 aromatic rings. The molecular weight excluding hydrogens is 390 g/mol. The predicted octanol–water partition coefficient (Wildman–Crippen LogP) is 3.91. The molecule has 150 valence electrons. The van der Waals surface area contributed by atoms with Gasteiger partial charge in [-0.15, -0.1) is 11.3 Å². The molecule has 1 heterocycles. The van der Waals surface area contributed by atoms with Crippen molar-refractivity contribution < 1.29 is 19.1 Å². The van der Waals surface area contributed by atoms with E-state index in [1.54, 1.807) is 30.3 Å². The number of thiophene rings is 1. The minimum atomic E-state index is -0.435. The van der Waals surface area contributed by atoms with Gasteiger partial charge in [0, 0.05) is 16.1 Å². The Balaban J connectivity index is 1.79. The maximum Gasteiger partial charge on any atom is 0.341 e. The number of fused-ring (bicyclic) bond motifs is 1. The molecule has 2 amide bonds. The van der Waals surface area contributed by atoms with Crippen LogP contribution >= 0.6 is 11.3 Å². The molecule has 0 fully saturated rings. The van der Waals surface area contributed by atoms with E-state index < -0.39 is 11.9 Å². The second kappa shape index (κ2) is 9.34. The number of ether oxygens (including phenoxy) is 1. The Morgan fingerprint density at radius 1 is 1.10 bits per heavy atom. The SMILES string of the molecule is COC(=O)c1c(NC(=O)c2ccc(NC(=O)CC#N)cc2)sc2c1CCCCC2. The van der Waals surface area contributed by atoms with Crippen LogP contribution in [0.5, 0.6) is 0 Å². The number of amides is 2. The molecule has 0 saturated heterocycles. The van der Waals surface area contributed by atoms with Crippen molar-refractivity contribution in [2.45, 2.75) is 38.5 Å². The van der Waals surface area contributed by atoms with E-state index in [0.29, 0.717) is 21.8 Å². The van der Waals surface area contributed by atoms with Crippen LogP contribution in [-0.2, 0) is 22.4 Å². The zero-order chi connectivity index (χ0) is 20.8. The van der Waals surface area contributed by atoms with Gasteiger partial charge in [-0.2, -0.15) is 5.26 Å². The quantitative estimate of drug-likeness (QED) is 0.573. The largest absolute Gasteiger partial charge is 0.465 e. The summed E-state index contributed by atoms with van der Waals surface area (Å²) in [5.74, 6) is -1.19. The smallest absolute Gasteiger partial charge is 0.341 e. The Hall–Kier alpha value is -3.18. The summed E-state index contributed by atoms with van der Waals surface area (Å²) in [6.45, 7) is 0. The molecule has 3 rings (SSSR count). The number of carbonyl (C=O) groups excluding carboxylic acids is 3. The highest BCUT2D eigenvalue weighted by molar-refractivity contribution is 7.17. The highest BCUT2D eigenvalue weighted by atomic mass is 32.1. The van der Waals surface area contributed by atoms with E-state index >= 15 is 0 Å². The van der Waals surface area contributed by atoms with E-state index in [0.717, 1.165) is 42.5 Å². The monoisotopic (exact) mass is 411 g/mol. The molecule has 0 aliphatic heterocycles. The zero-order valence-electron chi connectivity index (χ0n) is 16.0. The lowest BCUT2D eigenvalue weighted by Gasteiger charge is -2.08. The number of hydrogen-bond donors (Lipinski definition) is 2. The summed E-state index contributed by atoms with van der Waals surface area (Å²) in [6, 6.07) is 8.11. The van der Waals surface area contributed by atoms with Gasteiger partial charge in [0.2, 0.25) is 5.91 Å². The van der Waals surface area contributed by atoms with Gasteiger partial charge in [-0.05, 0) is 55.5 Å². The van der Waals surface area contributed by atoms with Crippen LogP contribution in [0.1, 0.15) is 56.8 Å².